The Kier molecular flexibility index (Phi) is 4.30. The number of nitrogens with one attached hydrogen (secondary N) is 1. The summed E-state index contributed by atoms with van der Waals surface area (Å²) >= 11 is 0. The number of aromatic nitrogens is 3. The SMILES string of the molecule is CNC(=O)C1(C)CN(C(=O)c2ccc(-n3ccnc3)nc2)CCO1. The van der Waals surface area contributed by atoms with E-state index in [9.17, 15) is 9.59 Å². The molecule has 2 amide bonds. The molecule has 1 atom stereocenters. The van der Waals surface area contributed by atoms with Crippen LogP contribution in [0.25, 0.3) is 5.82 Å². The third-order valence-corrected chi connectivity index (χ3v) is 4.03. The van der Waals surface area contributed by atoms with Crippen LogP contribution in [0.15, 0.2) is 37.1 Å². The first-order chi connectivity index (χ1) is 11.5. The van der Waals surface area contributed by atoms with E-state index in [0.717, 1.165) is 0 Å². The average Bonchev–Trinajstić information content (AvgIpc) is 3.15. The van der Waals surface area contributed by atoms with Crippen LogP contribution in [0.2, 0.25) is 0 Å². The smallest absolute Gasteiger partial charge is 0.255 e. The lowest BCUT2D eigenvalue weighted by Gasteiger charge is -2.39. The maximum absolute atomic E-state index is 12.7. The van der Waals surface area contributed by atoms with Gasteiger partial charge in [-0.1, -0.05) is 0 Å². The summed E-state index contributed by atoms with van der Waals surface area (Å²) in [6.45, 7) is 2.64. The average molecular weight is 329 g/mol. The van der Waals surface area contributed by atoms with Gasteiger partial charge in [0.1, 0.15) is 12.1 Å². The Bertz CT molecular complexity index is 729. The van der Waals surface area contributed by atoms with E-state index in [-0.39, 0.29) is 18.4 Å². The number of rotatable bonds is 3. The highest BCUT2D eigenvalue weighted by Crippen LogP contribution is 2.20. The number of pyridine rings is 1. The van der Waals surface area contributed by atoms with Gasteiger partial charge in [-0.3, -0.25) is 14.2 Å². The number of likely N-dealkylation sites (N-methyl/N-ethyl adjacent to an activating group) is 1. The maximum Gasteiger partial charge on any atom is 0.255 e. The molecule has 1 aliphatic heterocycles. The van der Waals surface area contributed by atoms with Crippen LogP contribution < -0.4 is 5.32 Å². The van der Waals surface area contributed by atoms with Crippen molar-refractivity contribution in [2.24, 2.45) is 0 Å². The summed E-state index contributed by atoms with van der Waals surface area (Å²) in [5, 5.41) is 2.57. The molecule has 0 saturated carbocycles. The minimum absolute atomic E-state index is 0.168. The van der Waals surface area contributed by atoms with E-state index in [4.69, 9.17) is 4.74 Å². The van der Waals surface area contributed by atoms with Gasteiger partial charge in [0.25, 0.3) is 11.8 Å². The molecule has 2 aromatic heterocycles. The Morgan fingerprint density at radius 3 is 2.83 bits per heavy atom. The molecular weight excluding hydrogens is 310 g/mol. The molecule has 3 heterocycles. The number of hydrogen-bond donors (Lipinski definition) is 1. The lowest BCUT2D eigenvalue weighted by Crippen LogP contribution is -2.58. The first-order valence-corrected chi connectivity index (χ1v) is 7.63. The van der Waals surface area contributed by atoms with Crippen LogP contribution in [0.3, 0.4) is 0 Å². The molecule has 0 spiro atoms. The van der Waals surface area contributed by atoms with Crippen molar-refractivity contribution in [3.05, 3.63) is 42.6 Å². The zero-order valence-electron chi connectivity index (χ0n) is 13.6. The van der Waals surface area contributed by atoms with Crippen molar-refractivity contribution in [1.82, 2.24) is 24.8 Å². The molecule has 0 bridgehead atoms. The minimum atomic E-state index is -1.03. The van der Waals surface area contributed by atoms with Crippen LogP contribution in [0.4, 0.5) is 0 Å². The number of hydrogen-bond acceptors (Lipinski definition) is 5. The van der Waals surface area contributed by atoms with E-state index in [1.54, 1.807) is 54.3 Å². The lowest BCUT2D eigenvalue weighted by atomic mass is 10.0. The second-order valence-corrected chi connectivity index (χ2v) is 5.76. The molecular formula is C16H19N5O3. The second-order valence-electron chi connectivity index (χ2n) is 5.76. The van der Waals surface area contributed by atoms with Crippen LogP contribution in [0, 0.1) is 0 Å². The van der Waals surface area contributed by atoms with Gasteiger partial charge in [0.2, 0.25) is 0 Å². The fourth-order valence-corrected chi connectivity index (χ4v) is 2.69. The van der Waals surface area contributed by atoms with Gasteiger partial charge in [-0.25, -0.2) is 9.97 Å². The van der Waals surface area contributed by atoms with Gasteiger partial charge >= 0.3 is 0 Å². The Morgan fingerprint density at radius 2 is 2.21 bits per heavy atom. The fourth-order valence-electron chi connectivity index (χ4n) is 2.69. The molecule has 1 fully saturated rings. The van der Waals surface area contributed by atoms with Crippen molar-refractivity contribution in [1.29, 1.82) is 0 Å². The molecule has 2 aromatic rings. The largest absolute Gasteiger partial charge is 0.362 e. The van der Waals surface area contributed by atoms with Gasteiger partial charge in [0.05, 0.1) is 18.7 Å². The number of carbonyl (C=O) groups excluding carboxylic acids is 2. The Labute approximate surface area is 139 Å². The minimum Gasteiger partial charge on any atom is -0.362 e. The number of ether oxygens (including phenoxy) is 1. The zero-order chi connectivity index (χ0) is 17.2. The monoisotopic (exact) mass is 329 g/mol. The summed E-state index contributed by atoms with van der Waals surface area (Å²) in [5.74, 6) is 0.271. The van der Waals surface area contributed by atoms with Gasteiger partial charge in [0, 0.05) is 32.2 Å². The Hall–Kier alpha value is -2.74. The van der Waals surface area contributed by atoms with Gasteiger partial charge in [0.15, 0.2) is 5.60 Å². The molecule has 0 aromatic carbocycles. The first kappa shape index (κ1) is 16.1. The van der Waals surface area contributed by atoms with E-state index in [0.29, 0.717) is 24.5 Å². The van der Waals surface area contributed by atoms with Crippen molar-refractivity contribution in [2.45, 2.75) is 12.5 Å². The van der Waals surface area contributed by atoms with Crippen molar-refractivity contribution in [3.63, 3.8) is 0 Å². The molecule has 0 aliphatic carbocycles. The topological polar surface area (TPSA) is 89.4 Å². The molecule has 126 valence electrons. The third kappa shape index (κ3) is 3.00. The molecule has 8 nitrogen and oxygen atoms in total. The van der Waals surface area contributed by atoms with Crippen LogP contribution in [-0.4, -0.2) is 63.6 Å². The molecule has 8 heteroatoms. The molecule has 1 aliphatic rings. The van der Waals surface area contributed by atoms with Crippen molar-refractivity contribution < 1.29 is 14.3 Å². The molecule has 1 unspecified atom stereocenters. The van der Waals surface area contributed by atoms with Crippen LogP contribution in [0.5, 0.6) is 0 Å². The summed E-state index contributed by atoms with van der Waals surface area (Å²) in [7, 11) is 1.55. The van der Waals surface area contributed by atoms with E-state index in [1.807, 2.05) is 0 Å². The van der Waals surface area contributed by atoms with Crippen LogP contribution in [-0.2, 0) is 9.53 Å². The molecule has 3 rings (SSSR count). The van der Waals surface area contributed by atoms with Gasteiger partial charge in [-0.15, -0.1) is 0 Å². The van der Waals surface area contributed by atoms with Gasteiger partial charge < -0.3 is 15.0 Å². The van der Waals surface area contributed by atoms with E-state index < -0.39 is 5.60 Å². The standard InChI is InChI=1S/C16H19N5O3/c1-16(15(23)17-2)10-20(7-8-24-16)14(22)12-3-4-13(19-9-12)21-6-5-18-11-21/h3-6,9,11H,7-8,10H2,1-2H3,(H,17,23). The summed E-state index contributed by atoms with van der Waals surface area (Å²) in [6, 6.07) is 3.48. The summed E-state index contributed by atoms with van der Waals surface area (Å²) in [6.07, 6.45) is 6.61. The fraction of sp³-hybridized carbons (Fsp3) is 0.375. The van der Waals surface area contributed by atoms with E-state index in [2.05, 4.69) is 15.3 Å². The highest BCUT2D eigenvalue weighted by Gasteiger charge is 2.40. The van der Waals surface area contributed by atoms with Gasteiger partial charge in [-0.05, 0) is 19.1 Å². The Morgan fingerprint density at radius 1 is 1.38 bits per heavy atom. The highest BCUT2D eigenvalue weighted by atomic mass is 16.5. The highest BCUT2D eigenvalue weighted by molar-refractivity contribution is 5.95. The van der Waals surface area contributed by atoms with Crippen molar-refractivity contribution in [3.8, 4) is 5.82 Å². The maximum atomic E-state index is 12.7. The number of amides is 2. The molecule has 24 heavy (non-hydrogen) atoms. The first-order valence-electron chi connectivity index (χ1n) is 7.63. The van der Waals surface area contributed by atoms with Crippen LogP contribution >= 0.6 is 0 Å². The summed E-state index contributed by atoms with van der Waals surface area (Å²) < 4.78 is 7.33. The van der Waals surface area contributed by atoms with E-state index >= 15 is 0 Å². The molecule has 0 radical (unpaired) electrons. The predicted octanol–water partition coefficient (Wildman–Crippen LogP) is 0.244. The Balaban J connectivity index is 1.75. The van der Waals surface area contributed by atoms with E-state index in [1.165, 1.54) is 6.20 Å². The second kappa shape index (κ2) is 6.40. The normalized spacial score (nSPS) is 20.7. The molecule has 1 N–H and O–H groups in total. The zero-order valence-corrected chi connectivity index (χ0v) is 13.6. The van der Waals surface area contributed by atoms with Crippen molar-refractivity contribution >= 4 is 11.8 Å². The molecule has 1 saturated heterocycles. The number of morpholine rings is 1. The van der Waals surface area contributed by atoms with Crippen molar-refractivity contribution in [2.75, 3.05) is 26.7 Å². The quantitative estimate of drug-likeness (QED) is 0.871. The lowest BCUT2D eigenvalue weighted by molar-refractivity contribution is -0.153. The number of imidazole rings is 1. The summed E-state index contributed by atoms with van der Waals surface area (Å²) in [4.78, 5) is 34.5. The number of carbonyl (C=O) groups is 2. The predicted molar refractivity (Wildman–Crippen MR) is 85.7 cm³/mol. The summed E-state index contributed by atoms with van der Waals surface area (Å²) in [5.41, 5.74) is -0.563. The van der Waals surface area contributed by atoms with Gasteiger partial charge in [-0.2, -0.15) is 0 Å². The number of nitrogens with zero attached hydrogens (tertiary/aromatic N) is 4. The van der Waals surface area contributed by atoms with Crippen LogP contribution in [0.1, 0.15) is 17.3 Å². The third-order valence-electron chi connectivity index (χ3n) is 4.03.